The van der Waals surface area contributed by atoms with Gasteiger partial charge in [-0.05, 0) is 0 Å². The molecule has 92 valence electrons. The molecule has 3 nitrogen and oxygen atoms in total. The van der Waals surface area contributed by atoms with Gasteiger partial charge in [0.1, 0.15) is 12.5 Å². The molecule has 0 saturated heterocycles. The van der Waals surface area contributed by atoms with Crippen molar-refractivity contribution in [3.05, 3.63) is 24.9 Å². The summed E-state index contributed by atoms with van der Waals surface area (Å²) >= 11 is 0. The third kappa shape index (κ3) is 4.24. The largest absolute Gasteiger partial charge is 0.498 e. The Bertz CT molecular complexity index is 306. The van der Waals surface area contributed by atoms with Crippen molar-refractivity contribution < 1.29 is 40.6 Å². The average molecular weight is 250 g/mol. The number of hydrogen-bond donors (Lipinski definition) is 0. The van der Waals surface area contributed by atoms with Gasteiger partial charge in [-0.1, -0.05) is 6.58 Å². The van der Waals surface area contributed by atoms with Gasteiger partial charge in [0.25, 0.3) is 0 Å². The molecule has 0 radical (unpaired) electrons. The molecule has 0 spiro atoms. The lowest BCUT2D eigenvalue weighted by molar-refractivity contribution is -0.375. The van der Waals surface area contributed by atoms with Crippen molar-refractivity contribution in [3.8, 4) is 0 Å². The third-order valence-corrected chi connectivity index (χ3v) is 0.998. The van der Waals surface area contributed by atoms with Crippen molar-refractivity contribution >= 4 is 5.97 Å². The molecule has 0 aliphatic carbocycles. The van der Waals surface area contributed by atoms with Crippen LogP contribution >= 0.6 is 0 Å². The molecule has 0 N–H and O–H groups in total. The molecule has 0 atom stereocenters. The summed E-state index contributed by atoms with van der Waals surface area (Å²) < 4.78 is 76.9. The van der Waals surface area contributed by atoms with Crippen LogP contribution in [0.2, 0.25) is 0 Å². The van der Waals surface area contributed by atoms with Crippen LogP contribution in [0.15, 0.2) is 24.9 Å². The summed E-state index contributed by atoms with van der Waals surface area (Å²) in [4.78, 5) is 10.3. The monoisotopic (exact) mass is 250 g/mol. The van der Waals surface area contributed by atoms with Crippen molar-refractivity contribution in [2.75, 3.05) is 0 Å². The smallest absolute Gasteiger partial charge is 0.430 e. The van der Waals surface area contributed by atoms with E-state index in [0.717, 1.165) is 0 Å². The molecule has 0 heterocycles. The molecule has 0 aromatic carbocycles. The molecule has 0 fully saturated rings. The number of rotatable bonds is 4. The Labute approximate surface area is 84.9 Å². The van der Waals surface area contributed by atoms with Crippen molar-refractivity contribution in [3.63, 3.8) is 0 Å². The van der Waals surface area contributed by atoms with Crippen LogP contribution in [0.5, 0.6) is 0 Å². The highest BCUT2D eigenvalue weighted by atomic mass is 19.4. The number of esters is 1. The predicted molar refractivity (Wildman–Crippen MR) is 37.6 cm³/mol. The highest BCUT2D eigenvalue weighted by Crippen LogP contribution is 2.36. The van der Waals surface area contributed by atoms with Crippen LogP contribution in [0.4, 0.5) is 26.3 Å². The lowest BCUT2D eigenvalue weighted by atomic mass is 10.6. The molecule has 0 amide bonds. The maximum Gasteiger partial charge on any atom is 0.498 e. The molecule has 0 aromatic rings. The standard InChI is InChI=1S/C7H4F6O3/c1-4(8)5(14)15-2-3-16-7(12,13)6(9,10)11/h2-3H,1H2. The fourth-order valence-corrected chi connectivity index (χ4v) is 0.334. The van der Waals surface area contributed by atoms with Crippen molar-refractivity contribution in [2.45, 2.75) is 12.3 Å². The van der Waals surface area contributed by atoms with Gasteiger partial charge < -0.3 is 9.47 Å². The first-order chi connectivity index (χ1) is 7.08. The highest BCUT2D eigenvalue weighted by Gasteiger charge is 2.60. The summed E-state index contributed by atoms with van der Waals surface area (Å²) in [6.07, 6.45) is -11.6. The van der Waals surface area contributed by atoms with Crippen LogP contribution in [0.25, 0.3) is 0 Å². The first kappa shape index (κ1) is 14.3. The Balaban J connectivity index is 4.21. The Hall–Kier alpha value is -1.67. The Kier molecular flexibility index (Phi) is 4.39. The number of halogens is 6. The molecule has 0 aliphatic rings. The molecule has 16 heavy (non-hydrogen) atoms. The lowest BCUT2D eigenvalue weighted by Gasteiger charge is -2.17. The number of hydrogen-bond acceptors (Lipinski definition) is 3. The van der Waals surface area contributed by atoms with E-state index in [1.54, 1.807) is 0 Å². The van der Waals surface area contributed by atoms with E-state index >= 15 is 0 Å². The van der Waals surface area contributed by atoms with E-state index in [0.29, 0.717) is 0 Å². The quantitative estimate of drug-likeness (QED) is 0.333. The molecule has 0 aliphatic heterocycles. The van der Waals surface area contributed by atoms with Gasteiger partial charge in [-0.15, -0.1) is 0 Å². The van der Waals surface area contributed by atoms with Crippen LogP contribution in [0.3, 0.4) is 0 Å². The molecular weight excluding hydrogens is 246 g/mol. The second-order valence-electron chi connectivity index (χ2n) is 2.21. The van der Waals surface area contributed by atoms with Gasteiger partial charge in [0.2, 0.25) is 5.83 Å². The normalized spacial score (nSPS) is 12.6. The minimum Gasteiger partial charge on any atom is -0.430 e. The maximum atomic E-state index is 12.0. The van der Waals surface area contributed by atoms with Gasteiger partial charge in [-0.2, -0.15) is 26.3 Å². The van der Waals surface area contributed by atoms with Crippen LogP contribution in [0.1, 0.15) is 0 Å². The minimum absolute atomic E-state index is 0.0206. The first-order valence-electron chi connectivity index (χ1n) is 3.40. The molecule has 9 heteroatoms. The topological polar surface area (TPSA) is 35.5 Å². The fourth-order valence-electron chi connectivity index (χ4n) is 0.334. The Morgan fingerprint density at radius 2 is 1.62 bits per heavy atom. The number of carbonyl (C=O) groups is 1. The van der Waals surface area contributed by atoms with Gasteiger partial charge in [0.15, 0.2) is 0 Å². The zero-order valence-electron chi connectivity index (χ0n) is 7.35. The van der Waals surface area contributed by atoms with E-state index in [9.17, 15) is 31.1 Å². The van der Waals surface area contributed by atoms with Crippen LogP contribution in [0, 0.1) is 0 Å². The van der Waals surface area contributed by atoms with E-state index in [1.165, 1.54) is 0 Å². The Morgan fingerprint density at radius 1 is 1.12 bits per heavy atom. The zero-order chi connectivity index (χ0) is 13.0. The van der Waals surface area contributed by atoms with Crippen LogP contribution < -0.4 is 0 Å². The van der Waals surface area contributed by atoms with Gasteiger partial charge in [0.05, 0.1) is 0 Å². The summed E-state index contributed by atoms with van der Waals surface area (Å²) in [6, 6.07) is 0. The number of ether oxygens (including phenoxy) is 2. The van der Waals surface area contributed by atoms with E-state index in [-0.39, 0.29) is 12.5 Å². The SMILES string of the molecule is C=C(F)C(=O)OC=COC(F)(F)C(F)(F)F. The van der Waals surface area contributed by atoms with Gasteiger partial charge in [0, 0.05) is 0 Å². The highest BCUT2D eigenvalue weighted by molar-refractivity contribution is 5.85. The van der Waals surface area contributed by atoms with Gasteiger partial charge in [-0.3, -0.25) is 0 Å². The molecular formula is C7H4F6O3. The second-order valence-corrected chi connectivity index (χ2v) is 2.21. The van der Waals surface area contributed by atoms with Crippen molar-refractivity contribution in [2.24, 2.45) is 0 Å². The van der Waals surface area contributed by atoms with E-state index < -0.39 is 24.1 Å². The van der Waals surface area contributed by atoms with E-state index in [4.69, 9.17) is 0 Å². The molecule has 0 saturated carbocycles. The summed E-state index contributed by atoms with van der Waals surface area (Å²) in [7, 11) is 0. The summed E-state index contributed by atoms with van der Waals surface area (Å²) in [5.41, 5.74) is 0. The zero-order valence-corrected chi connectivity index (χ0v) is 7.35. The fraction of sp³-hybridized carbons (Fsp3) is 0.286. The molecule has 0 rings (SSSR count). The number of carbonyl (C=O) groups excluding carboxylic acids is 1. The summed E-state index contributed by atoms with van der Waals surface area (Å²) in [5.74, 6) is -3.19. The van der Waals surface area contributed by atoms with E-state index in [2.05, 4.69) is 16.1 Å². The van der Waals surface area contributed by atoms with Gasteiger partial charge in [-0.25, -0.2) is 4.79 Å². The lowest BCUT2D eigenvalue weighted by Crippen LogP contribution is -2.37. The third-order valence-electron chi connectivity index (χ3n) is 0.998. The summed E-state index contributed by atoms with van der Waals surface area (Å²) in [5, 5.41) is 0. The van der Waals surface area contributed by atoms with Crippen molar-refractivity contribution in [1.82, 2.24) is 0 Å². The molecule has 0 bridgehead atoms. The van der Waals surface area contributed by atoms with Gasteiger partial charge >= 0.3 is 18.3 Å². The van der Waals surface area contributed by atoms with Crippen molar-refractivity contribution in [1.29, 1.82) is 0 Å². The van der Waals surface area contributed by atoms with E-state index in [1.807, 2.05) is 0 Å². The minimum atomic E-state index is -5.91. The molecule has 0 aromatic heterocycles. The predicted octanol–water partition coefficient (Wildman–Crippen LogP) is 2.66. The average Bonchev–Trinajstić information content (AvgIpc) is 2.09. The molecule has 0 unspecified atom stereocenters. The number of alkyl halides is 5. The van der Waals surface area contributed by atoms with Crippen LogP contribution in [-0.4, -0.2) is 18.3 Å². The summed E-state index contributed by atoms with van der Waals surface area (Å²) in [6.45, 7) is 2.48. The maximum absolute atomic E-state index is 12.0. The van der Waals surface area contributed by atoms with Crippen LogP contribution in [-0.2, 0) is 14.3 Å². The first-order valence-corrected chi connectivity index (χ1v) is 3.40. The second kappa shape index (κ2) is 4.90. The Morgan fingerprint density at radius 3 is 2.00 bits per heavy atom.